The normalized spacial score (nSPS) is 16.6. The van der Waals surface area contributed by atoms with E-state index in [0.717, 1.165) is 6.29 Å². The molecular formula is C23H16ClFO4S. The zero-order chi connectivity index (χ0) is 21.3. The van der Waals surface area contributed by atoms with E-state index in [9.17, 15) is 13.4 Å². The van der Waals surface area contributed by atoms with E-state index in [2.05, 4.69) is 0 Å². The molecule has 0 fully saturated rings. The van der Waals surface area contributed by atoms with Gasteiger partial charge in [-0.1, -0.05) is 48.0 Å². The fourth-order valence-corrected chi connectivity index (χ4v) is 4.17. The predicted molar refractivity (Wildman–Crippen MR) is 115 cm³/mol. The maximum Gasteiger partial charge on any atom is 0.157 e. The van der Waals surface area contributed by atoms with Crippen LogP contribution in [0.2, 0.25) is 5.02 Å². The molecule has 152 valence electrons. The number of rotatable bonds is 5. The molecule has 0 saturated heterocycles. The first kappa shape index (κ1) is 20.5. The van der Waals surface area contributed by atoms with E-state index in [1.165, 1.54) is 12.1 Å². The van der Waals surface area contributed by atoms with Gasteiger partial charge in [0.1, 0.15) is 23.6 Å². The van der Waals surface area contributed by atoms with Crippen LogP contribution < -0.4 is 4.74 Å². The summed E-state index contributed by atoms with van der Waals surface area (Å²) in [7, 11) is 0. The quantitative estimate of drug-likeness (QED) is 0.422. The number of fused-ring (bicyclic) bond motifs is 1. The second kappa shape index (κ2) is 8.52. The highest BCUT2D eigenvalue weighted by molar-refractivity contribution is 7.78. The Balaban J connectivity index is 1.90. The first-order valence-electron chi connectivity index (χ1n) is 9.05. The van der Waals surface area contributed by atoms with Crippen molar-refractivity contribution >= 4 is 40.3 Å². The number of benzene rings is 3. The molecule has 1 N–H and O–H groups in total. The van der Waals surface area contributed by atoms with Gasteiger partial charge in [-0.2, -0.15) is 0 Å². The number of ether oxygens (including phenoxy) is 1. The molecule has 0 aromatic heterocycles. The van der Waals surface area contributed by atoms with Gasteiger partial charge in [-0.25, -0.2) is 8.60 Å². The lowest BCUT2D eigenvalue weighted by molar-refractivity contribution is -0.108. The minimum Gasteiger partial charge on any atom is -0.456 e. The maximum atomic E-state index is 13.5. The third kappa shape index (κ3) is 4.07. The summed E-state index contributed by atoms with van der Waals surface area (Å²) in [5.74, 6) is -0.0470. The van der Waals surface area contributed by atoms with E-state index in [0.29, 0.717) is 44.4 Å². The summed E-state index contributed by atoms with van der Waals surface area (Å²) in [6.07, 6.45) is 0.819. The van der Waals surface area contributed by atoms with E-state index in [1.54, 1.807) is 54.6 Å². The molecule has 0 saturated carbocycles. The summed E-state index contributed by atoms with van der Waals surface area (Å²) < 4.78 is 39.9. The van der Waals surface area contributed by atoms with Crippen molar-refractivity contribution in [1.29, 1.82) is 0 Å². The van der Waals surface area contributed by atoms with Gasteiger partial charge in [0.2, 0.25) is 0 Å². The van der Waals surface area contributed by atoms with Crippen molar-refractivity contribution in [2.24, 2.45) is 0 Å². The first-order valence-corrected chi connectivity index (χ1v) is 10.7. The van der Waals surface area contributed by atoms with Crippen molar-refractivity contribution in [3.8, 4) is 5.75 Å². The Morgan fingerprint density at radius 2 is 1.70 bits per heavy atom. The van der Waals surface area contributed by atoms with Gasteiger partial charge in [0.05, 0.1) is 11.7 Å². The molecule has 2 atom stereocenters. The highest BCUT2D eigenvalue weighted by Crippen LogP contribution is 2.46. The standard InChI is InChI=1S/C23H16ClFO4S/c24-17-7-10-21-19(11-17)20(12-26)22(15-5-8-18(25)9-6-15)23(29-21)16-3-1-14(2-4-16)13-30(27)28/h1-12,20H,13H2,(H,27,28). The average molecular weight is 443 g/mol. The fourth-order valence-electron chi connectivity index (χ4n) is 3.51. The number of hydrogen-bond donors (Lipinski definition) is 1. The zero-order valence-electron chi connectivity index (χ0n) is 15.5. The summed E-state index contributed by atoms with van der Waals surface area (Å²) in [5.41, 5.74) is 3.26. The molecule has 0 bridgehead atoms. The van der Waals surface area contributed by atoms with Crippen LogP contribution in [0.3, 0.4) is 0 Å². The van der Waals surface area contributed by atoms with Gasteiger partial charge in [-0.3, -0.25) is 0 Å². The SMILES string of the molecule is O=CC1C(c2ccc(F)cc2)=C(c2ccc(CS(=O)O)cc2)Oc2ccc(Cl)cc21. The summed E-state index contributed by atoms with van der Waals surface area (Å²) in [6, 6.07) is 17.9. The topological polar surface area (TPSA) is 63.6 Å². The van der Waals surface area contributed by atoms with Crippen molar-refractivity contribution in [3.63, 3.8) is 0 Å². The van der Waals surface area contributed by atoms with Crippen molar-refractivity contribution in [1.82, 2.24) is 0 Å². The molecule has 4 rings (SSSR count). The summed E-state index contributed by atoms with van der Waals surface area (Å²) >= 11 is 4.20. The van der Waals surface area contributed by atoms with E-state index in [1.807, 2.05) is 0 Å². The molecule has 1 aliphatic heterocycles. The van der Waals surface area contributed by atoms with Crippen LogP contribution in [0.5, 0.6) is 5.75 Å². The number of aldehydes is 1. The zero-order valence-corrected chi connectivity index (χ0v) is 17.1. The Morgan fingerprint density at radius 3 is 2.33 bits per heavy atom. The molecule has 0 amide bonds. The van der Waals surface area contributed by atoms with Crippen LogP contribution in [0.15, 0.2) is 66.7 Å². The smallest absolute Gasteiger partial charge is 0.157 e. The molecule has 3 aromatic carbocycles. The molecular weight excluding hydrogens is 427 g/mol. The van der Waals surface area contributed by atoms with Crippen molar-refractivity contribution in [2.45, 2.75) is 11.7 Å². The molecule has 1 aliphatic rings. The van der Waals surface area contributed by atoms with E-state index < -0.39 is 17.0 Å². The molecule has 0 spiro atoms. The highest BCUT2D eigenvalue weighted by Gasteiger charge is 2.31. The van der Waals surface area contributed by atoms with Gasteiger partial charge in [-0.15, -0.1) is 0 Å². The van der Waals surface area contributed by atoms with Crippen LogP contribution in [0.25, 0.3) is 11.3 Å². The molecule has 0 aliphatic carbocycles. The van der Waals surface area contributed by atoms with E-state index in [4.69, 9.17) is 20.9 Å². The number of carbonyl (C=O) groups is 1. The van der Waals surface area contributed by atoms with Gasteiger partial charge < -0.3 is 14.1 Å². The monoisotopic (exact) mass is 442 g/mol. The molecule has 7 heteroatoms. The molecule has 4 nitrogen and oxygen atoms in total. The molecule has 30 heavy (non-hydrogen) atoms. The predicted octanol–water partition coefficient (Wildman–Crippen LogP) is 5.44. The van der Waals surface area contributed by atoms with Gasteiger partial charge in [0, 0.05) is 21.7 Å². The second-order valence-electron chi connectivity index (χ2n) is 6.81. The number of carbonyl (C=O) groups excluding carboxylic acids is 1. The van der Waals surface area contributed by atoms with Gasteiger partial charge in [0.15, 0.2) is 11.1 Å². The van der Waals surface area contributed by atoms with Crippen LogP contribution in [-0.2, 0) is 21.6 Å². The molecule has 2 unspecified atom stereocenters. The minimum absolute atomic E-state index is 0.0172. The summed E-state index contributed by atoms with van der Waals surface area (Å²) in [6.45, 7) is 0. The van der Waals surface area contributed by atoms with Crippen LogP contribution >= 0.6 is 11.6 Å². The summed E-state index contributed by atoms with van der Waals surface area (Å²) in [5, 5.41) is 0.479. The molecule has 1 heterocycles. The van der Waals surface area contributed by atoms with Gasteiger partial charge in [0.25, 0.3) is 0 Å². The second-order valence-corrected chi connectivity index (χ2v) is 8.18. The van der Waals surface area contributed by atoms with E-state index >= 15 is 0 Å². The Labute approximate surface area is 180 Å². The van der Waals surface area contributed by atoms with Gasteiger partial charge in [-0.05, 0) is 41.5 Å². The lowest BCUT2D eigenvalue weighted by Crippen LogP contribution is -2.16. The van der Waals surface area contributed by atoms with Crippen LogP contribution in [0.1, 0.15) is 28.2 Å². The Morgan fingerprint density at radius 1 is 1.03 bits per heavy atom. The largest absolute Gasteiger partial charge is 0.456 e. The van der Waals surface area contributed by atoms with Gasteiger partial charge >= 0.3 is 0 Å². The van der Waals surface area contributed by atoms with Crippen molar-refractivity contribution < 1.29 is 22.7 Å². The maximum absolute atomic E-state index is 13.5. The number of allylic oxidation sites excluding steroid dienone is 1. The third-order valence-corrected chi connectivity index (χ3v) is 5.69. The average Bonchev–Trinajstić information content (AvgIpc) is 2.73. The first-order chi connectivity index (χ1) is 14.5. The number of halogens is 2. The van der Waals surface area contributed by atoms with Crippen LogP contribution in [0, 0.1) is 5.82 Å². The highest BCUT2D eigenvalue weighted by atomic mass is 35.5. The van der Waals surface area contributed by atoms with Crippen molar-refractivity contribution in [3.05, 3.63) is 99.8 Å². The third-order valence-electron chi connectivity index (χ3n) is 4.87. The fraction of sp³-hybridized carbons (Fsp3) is 0.0870. The lowest BCUT2D eigenvalue weighted by Gasteiger charge is -2.28. The number of hydrogen-bond acceptors (Lipinski definition) is 3. The molecule has 0 radical (unpaired) electrons. The summed E-state index contributed by atoms with van der Waals surface area (Å²) in [4.78, 5) is 12.2. The minimum atomic E-state index is -1.94. The molecule has 3 aromatic rings. The van der Waals surface area contributed by atoms with Crippen LogP contribution in [0.4, 0.5) is 4.39 Å². The lowest BCUT2D eigenvalue weighted by atomic mass is 9.83. The van der Waals surface area contributed by atoms with Crippen molar-refractivity contribution in [2.75, 3.05) is 0 Å². The van der Waals surface area contributed by atoms with E-state index in [-0.39, 0.29) is 11.6 Å². The Hall–Kier alpha value is -2.80. The Bertz CT molecular complexity index is 1160. The Kier molecular flexibility index (Phi) is 5.81. The van der Waals surface area contributed by atoms with Crippen LogP contribution in [-0.4, -0.2) is 15.0 Å².